The molecule has 0 aliphatic carbocycles. The molecule has 0 fully saturated rings. The maximum Gasteiger partial charge on any atom is 0.233 e. The normalized spacial score (nSPS) is 11.4. The number of nitrogens with one attached hydrogen (secondary N) is 1. The molecule has 0 radical (unpaired) electrons. The van der Waals surface area contributed by atoms with E-state index < -0.39 is 5.41 Å². The minimum Gasteiger partial charge on any atom is -0.329 e. The van der Waals surface area contributed by atoms with Crippen LogP contribution in [0.2, 0.25) is 0 Å². The van der Waals surface area contributed by atoms with Gasteiger partial charge in [0.2, 0.25) is 5.91 Å². The van der Waals surface area contributed by atoms with Crippen LogP contribution < -0.4 is 11.1 Å². The van der Waals surface area contributed by atoms with Gasteiger partial charge in [0, 0.05) is 6.54 Å². The van der Waals surface area contributed by atoms with Crippen molar-refractivity contribution in [3.63, 3.8) is 0 Å². The third-order valence-electron chi connectivity index (χ3n) is 1.82. The Labute approximate surface area is 95.0 Å². The first-order valence-electron chi connectivity index (χ1n) is 4.08. The predicted molar refractivity (Wildman–Crippen MR) is 61.3 cm³/mol. The van der Waals surface area contributed by atoms with Crippen LogP contribution in [0.25, 0.3) is 0 Å². The van der Waals surface area contributed by atoms with E-state index in [0.717, 1.165) is 3.79 Å². The van der Waals surface area contributed by atoms with E-state index >= 15 is 0 Å². The number of carbonyl (C=O) groups is 1. The summed E-state index contributed by atoms with van der Waals surface area (Å²) < 4.78 is 0.887. The van der Waals surface area contributed by atoms with Crippen molar-refractivity contribution in [3.05, 3.63) is 9.98 Å². The van der Waals surface area contributed by atoms with Crippen molar-refractivity contribution in [2.24, 2.45) is 11.1 Å². The van der Waals surface area contributed by atoms with Gasteiger partial charge in [0.25, 0.3) is 0 Å². The van der Waals surface area contributed by atoms with Crippen LogP contribution in [0.1, 0.15) is 13.8 Å². The zero-order valence-electron chi connectivity index (χ0n) is 8.00. The minimum atomic E-state index is -0.557. The molecule has 6 heteroatoms. The molecule has 3 N–H and O–H groups in total. The average molecular weight is 278 g/mol. The van der Waals surface area contributed by atoms with Gasteiger partial charge in [0.15, 0.2) is 5.13 Å². The van der Waals surface area contributed by atoms with Crippen LogP contribution in [0, 0.1) is 5.41 Å². The lowest BCUT2D eigenvalue weighted by Gasteiger charge is -2.19. The second-order valence-corrected chi connectivity index (χ2v) is 5.92. The van der Waals surface area contributed by atoms with Gasteiger partial charge in [0.05, 0.1) is 15.4 Å². The molecule has 1 aromatic heterocycles. The van der Waals surface area contributed by atoms with Crippen LogP contribution in [0.3, 0.4) is 0 Å². The molecule has 0 aromatic carbocycles. The number of carbonyl (C=O) groups excluding carboxylic acids is 1. The molecule has 78 valence electrons. The molecule has 4 nitrogen and oxygen atoms in total. The summed E-state index contributed by atoms with van der Waals surface area (Å²) in [5.74, 6) is -0.109. The minimum absolute atomic E-state index is 0.109. The molecule has 1 rings (SSSR count). The number of halogens is 1. The Bertz CT molecular complexity index is 337. The molecule has 0 bridgehead atoms. The van der Waals surface area contributed by atoms with Crippen molar-refractivity contribution in [3.8, 4) is 0 Å². The third-order valence-corrected chi connectivity index (χ3v) is 3.21. The first-order chi connectivity index (χ1) is 6.45. The fourth-order valence-corrected chi connectivity index (χ4v) is 1.77. The van der Waals surface area contributed by atoms with Crippen LogP contribution in [0.5, 0.6) is 0 Å². The third kappa shape index (κ3) is 2.76. The molecule has 0 aliphatic rings. The summed E-state index contributed by atoms with van der Waals surface area (Å²) in [7, 11) is 0. The maximum absolute atomic E-state index is 11.6. The van der Waals surface area contributed by atoms with Crippen molar-refractivity contribution in [2.75, 3.05) is 11.9 Å². The highest BCUT2D eigenvalue weighted by Gasteiger charge is 2.26. The van der Waals surface area contributed by atoms with Crippen molar-refractivity contribution in [1.29, 1.82) is 0 Å². The SMILES string of the molecule is CC(C)(CN)C(=O)Nc1ncc(Br)s1. The van der Waals surface area contributed by atoms with Gasteiger partial charge in [-0.1, -0.05) is 11.3 Å². The van der Waals surface area contributed by atoms with Crippen LogP contribution in [0.4, 0.5) is 5.13 Å². The molecule has 0 aliphatic heterocycles. The summed E-state index contributed by atoms with van der Waals surface area (Å²) in [4.78, 5) is 15.6. The largest absolute Gasteiger partial charge is 0.329 e. The summed E-state index contributed by atoms with van der Waals surface area (Å²) in [6.45, 7) is 3.90. The number of thiazole rings is 1. The van der Waals surface area contributed by atoms with E-state index in [0.29, 0.717) is 11.7 Å². The van der Waals surface area contributed by atoms with Crippen LogP contribution in [-0.2, 0) is 4.79 Å². The zero-order chi connectivity index (χ0) is 10.8. The van der Waals surface area contributed by atoms with E-state index in [4.69, 9.17) is 5.73 Å². The van der Waals surface area contributed by atoms with Gasteiger partial charge in [-0.25, -0.2) is 4.98 Å². The Morgan fingerprint density at radius 1 is 1.79 bits per heavy atom. The molecular formula is C8H12BrN3OS. The lowest BCUT2D eigenvalue weighted by molar-refractivity contribution is -0.123. The van der Waals surface area contributed by atoms with Crippen LogP contribution >= 0.6 is 27.3 Å². The fraction of sp³-hybridized carbons (Fsp3) is 0.500. The first-order valence-corrected chi connectivity index (χ1v) is 5.69. The Balaban J connectivity index is 2.66. The Morgan fingerprint density at radius 2 is 2.43 bits per heavy atom. The Kier molecular flexibility index (Phi) is 3.63. The van der Waals surface area contributed by atoms with Crippen molar-refractivity contribution < 1.29 is 4.79 Å². The van der Waals surface area contributed by atoms with E-state index in [1.807, 2.05) is 0 Å². The van der Waals surface area contributed by atoms with Gasteiger partial charge >= 0.3 is 0 Å². The Hall–Kier alpha value is -0.460. The molecule has 0 saturated heterocycles. The molecule has 0 unspecified atom stereocenters. The molecule has 14 heavy (non-hydrogen) atoms. The first kappa shape index (κ1) is 11.6. The second kappa shape index (κ2) is 4.37. The lowest BCUT2D eigenvalue weighted by atomic mass is 9.93. The van der Waals surface area contributed by atoms with Crippen LogP contribution in [0.15, 0.2) is 9.98 Å². The zero-order valence-corrected chi connectivity index (χ0v) is 10.4. The fourth-order valence-electron chi connectivity index (χ4n) is 0.671. The van der Waals surface area contributed by atoms with E-state index in [2.05, 4.69) is 26.2 Å². The summed E-state index contributed by atoms with van der Waals surface area (Å²) in [5, 5.41) is 3.30. The van der Waals surface area contributed by atoms with E-state index in [1.54, 1.807) is 20.0 Å². The van der Waals surface area contributed by atoms with E-state index in [1.165, 1.54) is 11.3 Å². The quantitative estimate of drug-likeness (QED) is 0.886. The van der Waals surface area contributed by atoms with E-state index in [-0.39, 0.29) is 5.91 Å². The summed E-state index contributed by atoms with van der Waals surface area (Å²) in [6, 6.07) is 0. The number of rotatable bonds is 3. The van der Waals surface area contributed by atoms with Gasteiger partial charge in [-0.05, 0) is 29.8 Å². The number of amides is 1. The average Bonchev–Trinajstić information content (AvgIpc) is 2.51. The summed E-state index contributed by atoms with van der Waals surface area (Å²) in [6.07, 6.45) is 1.65. The standard InChI is InChI=1S/C8H12BrN3OS/c1-8(2,4-10)6(13)12-7-11-3-5(9)14-7/h3H,4,10H2,1-2H3,(H,11,12,13). The highest BCUT2D eigenvalue weighted by molar-refractivity contribution is 9.11. The molecule has 1 amide bonds. The summed E-state index contributed by atoms with van der Waals surface area (Å²) in [5.41, 5.74) is 4.92. The molecule has 0 saturated carbocycles. The van der Waals surface area contributed by atoms with E-state index in [9.17, 15) is 4.79 Å². The number of hydrogen-bond acceptors (Lipinski definition) is 4. The Morgan fingerprint density at radius 3 is 2.86 bits per heavy atom. The van der Waals surface area contributed by atoms with Crippen molar-refractivity contribution in [2.45, 2.75) is 13.8 Å². The predicted octanol–water partition coefficient (Wildman–Crippen LogP) is 1.83. The van der Waals surface area contributed by atoms with Gasteiger partial charge in [-0.15, -0.1) is 0 Å². The maximum atomic E-state index is 11.6. The van der Waals surface area contributed by atoms with Gasteiger partial charge in [-0.3, -0.25) is 4.79 Å². The molecule has 1 aromatic rings. The number of nitrogens with two attached hydrogens (primary N) is 1. The molecule has 1 heterocycles. The van der Waals surface area contributed by atoms with Crippen molar-refractivity contribution in [1.82, 2.24) is 4.98 Å². The topological polar surface area (TPSA) is 68.0 Å². The van der Waals surface area contributed by atoms with Gasteiger partial charge in [0.1, 0.15) is 0 Å². The van der Waals surface area contributed by atoms with Gasteiger partial charge in [-0.2, -0.15) is 0 Å². The number of aromatic nitrogens is 1. The molecular weight excluding hydrogens is 266 g/mol. The van der Waals surface area contributed by atoms with Gasteiger partial charge < -0.3 is 11.1 Å². The summed E-state index contributed by atoms with van der Waals surface area (Å²) >= 11 is 4.65. The highest BCUT2D eigenvalue weighted by Crippen LogP contribution is 2.25. The number of anilines is 1. The monoisotopic (exact) mass is 277 g/mol. The molecule has 0 spiro atoms. The smallest absolute Gasteiger partial charge is 0.233 e. The van der Waals surface area contributed by atoms with Crippen LogP contribution in [-0.4, -0.2) is 17.4 Å². The highest BCUT2D eigenvalue weighted by atomic mass is 79.9. The molecule has 0 atom stereocenters. The van der Waals surface area contributed by atoms with Crippen molar-refractivity contribution >= 4 is 38.3 Å². The second-order valence-electron chi connectivity index (χ2n) is 3.51. The number of nitrogens with zero attached hydrogens (tertiary/aromatic N) is 1. The number of hydrogen-bond donors (Lipinski definition) is 2. The lowest BCUT2D eigenvalue weighted by Crippen LogP contribution is -2.37.